The number of aromatic nitrogens is 2. The van der Waals surface area contributed by atoms with Crippen LogP contribution in [0.25, 0.3) is 0 Å². The van der Waals surface area contributed by atoms with E-state index in [1.54, 1.807) is 25.3 Å². The van der Waals surface area contributed by atoms with Gasteiger partial charge in [0.05, 0.1) is 5.56 Å². The number of anilines is 4. The Balaban J connectivity index is 1.15. The zero-order valence-electron chi connectivity index (χ0n) is 26.0. The largest absolute Gasteiger partial charge is 0.416 e. The van der Waals surface area contributed by atoms with Gasteiger partial charge in [0.15, 0.2) is 0 Å². The van der Waals surface area contributed by atoms with Crippen LogP contribution >= 0.6 is 0 Å². The van der Waals surface area contributed by atoms with Crippen LogP contribution in [0.4, 0.5) is 36.3 Å². The average Bonchev–Trinajstić information content (AvgIpc) is 3.06. The highest BCUT2D eigenvalue weighted by Crippen LogP contribution is 2.31. The lowest BCUT2D eigenvalue weighted by molar-refractivity contribution is -0.139. The number of piperazine rings is 1. The number of imide groups is 2. The van der Waals surface area contributed by atoms with Gasteiger partial charge >= 0.3 is 6.18 Å². The summed E-state index contributed by atoms with van der Waals surface area (Å²) in [6.45, 7) is 5.28. The van der Waals surface area contributed by atoms with Crippen molar-refractivity contribution in [1.29, 1.82) is 0 Å². The van der Waals surface area contributed by atoms with E-state index < -0.39 is 35.5 Å². The second-order valence-electron chi connectivity index (χ2n) is 11.3. The van der Waals surface area contributed by atoms with Gasteiger partial charge in [-0.2, -0.15) is 18.2 Å². The van der Waals surface area contributed by atoms with Gasteiger partial charge in [0.1, 0.15) is 11.9 Å². The van der Waals surface area contributed by atoms with E-state index in [0.29, 0.717) is 57.2 Å². The molecule has 12 nitrogen and oxygen atoms in total. The molecule has 15 heteroatoms. The molecule has 5 rings (SSSR count). The SMILES string of the molecule is Cc1c(C(=O)N(C=O)C2CCC(=O)NC2=O)cccc1N(C)CCNc1nccc(N2CCN(c3ccc(C(F)(F)F)cc3)CC2)n1. The van der Waals surface area contributed by atoms with Gasteiger partial charge < -0.3 is 20.0 Å². The molecule has 1 aromatic heterocycles. The van der Waals surface area contributed by atoms with Crippen LogP contribution in [-0.2, 0) is 20.6 Å². The van der Waals surface area contributed by atoms with Crippen LogP contribution < -0.4 is 25.3 Å². The molecule has 2 N–H and O–H groups in total. The van der Waals surface area contributed by atoms with Crippen LogP contribution in [0.15, 0.2) is 54.7 Å². The number of halogens is 3. The number of nitrogens with zero attached hydrogens (tertiary/aromatic N) is 6. The number of alkyl halides is 3. The maximum absolute atomic E-state index is 13.3. The summed E-state index contributed by atoms with van der Waals surface area (Å²) >= 11 is 0. The standard InChI is InChI=1S/C32H35F3N8O4/c1-21-24(30(47)43(20-44)26-10-11-28(45)39-29(26)46)4-3-5-25(21)40(2)15-14-37-31-36-13-12-27(38-31)42-18-16-41(17-19-42)23-8-6-22(7-9-23)32(33,34)35/h3-9,12-13,20,26H,10-11,14-19H2,1-2H3,(H,36,37,38)(H,39,45,46). The predicted octanol–water partition coefficient (Wildman–Crippen LogP) is 3.08. The van der Waals surface area contributed by atoms with Crippen LogP contribution in [0, 0.1) is 6.92 Å². The van der Waals surface area contributed by atoms with Gasteiger partial charge in [-0.25, -0.2) is 4.98 Å². The zero-order chi connectivity index (χ0) is 33.7. The molecule has 2 fully saturated rings. The monoisotopic (exact) mass is 652 g/mol. The van der Waals surface area contributed by atoms with E-state index in [1.165, 1.54) is 12.1 Å². The first-order valence-corrected chi connectivity index (χ1v) is 15.1. The van der Waals surface area contributed by atoms with Crippen LogP contribution in [0.5, 0.6) is 0 Å². The molecule has 1 unspecified atom stereocenters. The fraction of sp³-hybridized carbons (Fsp3) is 0.375. The normalized spacial score (nSPS) is 16.8. The Labute approximate surface area is 269 Å². The van der Waals surface area contributed by atoms with Crippen LogP contribution in [0.3, 0.4) is 0 Å². The Morgan fingerprint density at radius 1 is 1.06 bits per heavy atom. The number of nitrogens with one attached hydrogen (secondary N) is 2. The minimum absolute atomic E-state index is 0.0396. The van der Waals surface area contributed by atoms with E-state index in [4.69, 9.17) is 0 Å². The lowest BCUT2D eigenvalue weighted by atomic mass is 10.0. The Kier molecular flexibility index (Phi) is 9.92. The fourth-order valence-corrected chi connectivity index (χ4v) is 5.74. The van der Waals surface area contributed by atoms with Crippen molar-refractivity contribution in [3.63, 3.8) is 0 Å². The molecular formula is C32H35F3N8O4. The Hall–Kier alpha value is -5.21. The quantitative estimate of drug-likeness (QED) is 0.249. The lowest BCUT2D eigenvalue weighted by Gasteiger charge is -2.36. The molecular weight excluding hydrogens is 617 g/mol. The molecule has 47 heavy (non-hydrogen) atoms. The molecule has 2 aliphatic heterocycles. The number of benzene rings is 2. The highest BCUT2D eigenvalue weighted by atomic mass is 19.4. The zero-order valence-corrected chi connectivity index (χ0v) is 26.0. The molecule has 0 spiro atoms. The van der Waals surface area contributed by atoms with Crippen molar-refractivity contribution in [3.8, 4) is 0 Å². The molecule has 3 aromatic rings. The van der Waals surface area contributed by atoms with E-state index >= 15 is 0 Å². The minimum Gasteiger partial charge on any atom is -0.373 e. The summed E-state index contributed by atoms with van der Waals surface area (Å²) in [5, 5.41) is 5.40. The maximum atomic E-state index is 13.3. The van der Waals surface area contributed by atoms with Crippen molar-refractivity contribution in [2.45, 2.75) is 32.0 Å². The first-order valence-electron chi connectivity index (χ1n) is 15.1. The summed E-state index contributed by atoms with van der Waals surface area (Å²) < 4.78 is 38.7. The Bertz CT molecular complexity index is 1630. The molecule has 2 aromatic carbocycles. The van der Waals surface area contributed by atoms with Crippen molar-refractivity contribution < 1.29 is 32.3 Å². The summed E-state index contributed by atoms with van der Waals surface area (Å²) in [7, 11) is 1.86. The van der Waals surface area contributed by atoms with Crippen LogP contribution in [0.1, 0.15) is 34.3 Å². The average molecular weight is 653 g/mol. The van der Waals surface area contributed by atoms with Crippen molar-refractivity contribution in [3.05, 3.63) is 71.4 Å². The number of hydrogen-bond donors (Lipinski definition) is 2. The highest BCUT2D eigenvalue weighted by molar-refractivity contribution is 6.08. The van der Waals surface area contributed by atoms with Crippen molar-refractivity contribution in [2.24, 2.45) is 0 Å². The first-order chi connectivity index (χ1) is 22.5. The van der Waals surface area contributed by atoms with Gasteiger partial charge in [-0.15, -0.1) is 0 Å². The number of piperidine rings is 1. The number of amides is 4. The fourth-order valence-electron chi connectivity index (χ4n) is 5.74. The minimum atomic E-state index is -4.36. The van der Waals surface area contributed by atoms with Gasteiger partial charge in [0.2, 0.25) is 24.2 Å². The smallest absolute Gasteiger partial charge is 0.373 e. The van der Waals surface area contributed by atoms with Gasteiger partial charge in [-0.05, 0) is 61.4 Å². The molecule has 0 saturated carbocycles. The van der Waals surface area contributed by atoms with Gasteiger partial charge in [-0.3, -0.25) is 29.4 Å². The number of hydrogen-bond acceptors (Lipinski definition) is 10. The molecule has 2 aliphatic rings. The molecule has 248 valence electrons. The third kappa shape index (κ3) is 7.61. The molecule has 0 radical (unpaired) electrons. The molecule has 2 saturated heterocycles. The topological polar surface area (TPSA) is 131 Å². The summed E-state index contributed by atoms with van der Waals surface area (Å²) in [5.74, 6) is -0.558. The Morgan fingerprint density at radius 2 is 1.77 bits per heavy atom. The van der Waals surface area contributed by atoms with Gasteiger partial charge in [0.25, 0.3) is 5.91 Å². The summed E-state index contributed by atoms with van der Waals surface area (Å²) in [6, 6.07) is 11.1. The maximum Gasteiger partial charge on any atom is 0.416 e. The number of likely N-dealkylation sites (N-methyl/N-ethyl adjacent to an activating group) is 1. The highest BCUT2D eigenvalue weighted by Gasteiger charge is 2.35. The molecule has 3 heterocycles. The van der Waals surface area contributed by atoms with Crippen LogP contribution in [-0.4, -0.2) is 91.4 Å². The number of rotatable bonds is 10. The molecule has 0 aliphatic carbocycles. The molecule has 0 bridgehead atoms. The molecule has 4 amide bonds. The van der Waals surface area contributed by atoms with E-state index in [2.05, 4.69) is 25.5 Å². The van der Waals surface area contributed by atoms with Crippen molar-refractivity contribution >= 4 is 47.3 Å². The second kappa shape index (κ2) is 14.1. The van der Waals surface area contributed by atoms with Crippen LogP contribution in [0.2, 0.25) is 0 Å². The van der Waals surface area contributed by atoms with Crippen molar-refractivity contribution in [1.82, 2.24) is 20.2 Å². The predicted molar refractivity (Wildman–Crippen MR) is 169 cm³/mol. The summed E-state index contributed by atoms with van der Waals surface area (Å²) in [4.78, 5) is 64.9. The number of carbonyl (C=O) groups excluding carboxylic acids is 4. The van der Waals surface area contributed by atoms with Crippen molar-refractivity contribution in [2.75, 3.05) is 66.3 Å². The summed E-state index contributed by atoms with van der Waals surface area (Å²) in [6.07, 6.45) is -2.26. The van der Waals surface area contributed by atoms with Gasteiger partial charge in [0, 0.05) is 75.9 Å². The van der Waals surface area contributed by atoms with E-state index in [9.17, 15) is 32.3 Å². The summed E-state index contributed by atoms with van der Waals surface area (Å²) in [5.41, 5.74) is 1.74. The third-order valence-corrected chi connectivity index (χ3v) is 8.38. The van der Waals surface area contributed by atoms with Gasteiger partial charge in [-0.1, -0.05) is 6.07 Å². The lowest BCUT2D eigenvalue weighted by Crippen LogP contribution is -2.54. The molecule has 1 atom stereocenters. The Morgan fingerprint density at radius 3 is 2.43 bits per heavy atom. The third-order valence-electron chi connectivity index (χ3n) is 8.38. The van der Waals surface area contributed by atoms with E-state index in [-0.39, 0.29) is 18.4 Å². The van der Waals surface area contributed by atoms with E-state index in [0.717, 1.165) is 34.2 Å². The second-order valence-corrected chi connectivity index (χ2v) is 11.3. The van der Waals surface area contributed by atoms with E-state index in [1.807, 2.05) is 29.0 Å². The number of carbonyl (C=O) groups is 4. The first kappa shape index (κ1) is 33.2.